The second kappa shape index (κ2) is 5.37. The van der Waals surface area contributed by atoms with Crippen LogP contribution in [-0.4, -0.2) is 16.3 Å². The highest BCUT2D eigenvalue weighted by Crippen LogP contribution is 2.16. The van der Waals surface area contributed by atoms with Gasteiger partial charge in [-0.15, -0.1) is 0 Å². The van der Waals surface area contributed by atoms with E-state index in [1.807, 2.05) is 49.1 Å². The highest BCUT2D eigenvalue weighted by atomic mass is 15.3. The first-order valence-electron chi connectivity index (χ1n) is 5.93. The van der Waals surface area contributed by atoms with Crippen molar-refractivity contribution < 1.29 is 0 Å². The molecule has 0 bridgehead atoms. The molecule has 0 saturated heterocycles. The van der Waals surface area contributed by atoms with Crippen molar-refractivity contribution in [2.75, 3.05) is 11.9 Å². The molecule has 2 aromatic rings. The minimum Gasteiger partial charge on any atom is -0.382 e. The average molecular weight is 240 g/mol. The van der Waals surface area contributed by atoms with E-state index < -0.39 is 0 Å². The van der Waals surface area contributed by atoms with Crippen LogP contribution >= 0.6 is 0 Å². The van der Waals surface area contributed by atoms with Crippen molar-refractivity contribution in [3.05, 3.63) is 47.3 Å². The van der Waals surface area contributed by atoms with Crippen molar-refractivity contribution in [3.8, 4) is 6.07 Å². The fourth-order valence-electron chi connectivity index (χ4n) is 1.80. The summed E-state index contributed by atoms with van der Waals surface area (Å²) in [5.41, 5.74) is 3.87. The van der Waals surface area contributed by atoms with Crippen LogP contribution in [0.5, 0.6) is 0 Å². The Balaban J connectivity index is 1.98. The third-order valence-corrected chi connectivity index (χ3v) is 2.71. The minimum atomic E-state index is 0.678. The van der Waals surface area contributed by atoms with E-state index in [-0.39, 0.29) is 0 Å². The molecule has 0 atom stereocenters. The lowest BCUT2D eigenvalue weighted by molar-refractivity contribution is 0.637. The Bertz CT molecular complexity index is 578. The molecule has 0 unspecified atom stereocenters. The number of hydrogen-bond donors (Lipinski definition) is 1. The second-order valence-electron chi connectivity index (χ2n) is 4.37. The maximum absolute atomic E-state index is 9.02. The van der Waals surface area contributed by atoms with E-state index in [0.717, 1.165) is 29.9 Å². The summed E-state index contributed by atoms with van der Waals surface area (Å²) in [4.78, 5) is 0. The van der Waals surface area contributed by atoms with Crippen molar-refractivity contribution in [1.29, 1.82) is 5.26 Å². The van der Waals surface area contributed by atoms with Crippen LogP contribution in [-0.2, 0) is 6.54 Å². The van der Waals surface area contributed by atoms with Gasteiger partial charge in [0.05, 0.1) is 24.0 Å². The zero-order valence-electron chi connectivity index (χ0n) is 10.6. The van der Waals surface area contributed by atoms with E-state index in [9.17, 15) is 0 Å². The zero-order chi connectivity index (χ0) is 13.0. The van der Waals surface area contributed by atoms with Crippen LogP contribution in [0.2, 0.25) is 0 Å². The predicted octanol–water partition coefficient (Wildman–Crippen LogP) is 2.48. The number of rotatable bonds is 4. The molecule has 0 saturated carbocycles. The highest BCUT2D eigenvalue weighted by molar-refractivity contribution is 5.58. The van der Waals surface area contributed by atoms with E-state index in [4.69, 9.17) is 5.26 Å². The lowest BCUT2D eigenvalue weighted by Crippen LogP contribution is -2.11. The number of aryl methyl sites for hydroxylation is 2. The van der Waals surface area contributed by atoms with Gasteiger partial charge in [-0.25, -0.2) is 0 Å². The first-order valence-corrected chi connectivity index (χ1v) is 5.93. The Hall–Kier alpha value is -2.28. The summed E-state index contributed by atoms with van der Waals surface area (Å²) in [6.45, 7) is 5.57. The molecular formula is C14H16N4. The lowest BCUT2D eigenvalue weighted by atomic mass is 10.1. The van der Waals surface area contributed by atoms with Gasteiger partial charge in [0.2, 0.25) is 0 Å². The van der Waals surface area contributed by atoms with Gasteiger partial charge >= 0.3 is 0 Å². The van der Waals surface area contributed by atoms with Crippen LogP contribution < -0.4 is 5.32 Å². The Morgan fingerprint density at radius 2 is 2.17 bits per heavy atom. The number of hydrogen-bond acceptors (Lipinski definition) is 3. The average Bonchev–Trinajstić information content (AvgIpc) is 2.75. The van der Waals surface area contributed by atoms with Gasteiger partial charge in [0.1, 0.15) is 6.07 Å². The Labute approximate surface area is 107 Å². The van der Waals surface area contributed by atoms with Crippen molar-refractivity contribution >= 4 is 5.69 Å². The zero-order valence-corrected chi connectivity index (χ0v) is 10.6. The highest BCUT2D eigenvalue weighted by Gasteiger charge is 2.01. The molecule has 0 spiro atoms. The largest absolute Gasteiger partial charge is 0.382 e. The summed E-state index contributed by atoms with van der Waals surface area (Å²) in [5.74, 6) is 0. The lowest BCUT2D eigenvalue weighted by Gasteiger charge is -2.09. The van der Waals surface area contributed by atoms with Crippen LogP contribution in [0.25, 0.3) is 0 Å². The molecule has 1 N–H and O–H groups in total. The molecule has 1 aromatic carbocycles. The maximum atomic E-state index is 9.02. The Kier molecular flexibility index (Phi) is 3.63. The van der Waals surface area contributed by atoms with Gasteiger partial charge in [0, 0.05) is 12.7 Å². The van der Waals surface area contributed by atoms with Crippen molar-refractivity contribution in [2.45, 2.75) is 20.4 Å². The molecule has 0 amide bonds. The molecule has 0 aliphatic rings. The van der Waals surface area contributed by atoms with Gasteiger partial charge in [-0.1, -0.05) is 6.07 Å². The number of aromatic nitrogens is 2. The predicted molar refractivity (Wildman–Crippen MR) is 71.3 cm³/mol. The molecule has 0 fully saturated rings. The second-order valence-corrected chi connectivity index (χ2v) is 4.37. The van der Waals surface area contributed by atoms with Crippen LogP contribution in [0.3, 0.4) is 0 Å². The third-order valence-electron chi connectivity index (χ3n) is 2.71. The molecule has 2 rings (SSSR count). The number of benzene rings is 1. The SMILES string of the molecule is Cc1ccc(C#N)c(NCCn2cc(C)cn2)c1. The van der Waals surface area contributed by atoms with E-state index in [2.05, 4.69) is 16.5 Å². The Morgan fingerprint density at radius 1 is 1.33 bits per heavy atom. The van der Waals surface area contributed by atoms with Crippen LogP contribution in [0.15, 0.2) is 30.6 Å². The molecule has 0 radical (unpaired) electrons. The monoisotopic (exact) mass is 240 g/mol. The van der Waals surface area contributed by atoms with Gasteiger partial charge in [0.25, 0.3) is 0 Å². The minimum absolute atomic E-state index is 0.678. The topological polar surface area (TPSA) is 53.6 Å². The van der Waals surface area contributed by atoms with E-state index in [1.165, 1.54) is 0 Å². The van der Waals surface area contributed by atoms with Crippen molar-refractivity contribution in [3.63, 3.8) is 0 Å². The number of nitriles is 1. The fraction of sp³-hybridized carbons (Fsp3) is 0.286. The molecule has 92 valence electrons. The van der Waals surface area contributed by atoms with E-state index in [1.54, 1.807) is 0 Å². The fourth-order valence-corrected chi connectivity index (χ4v) is 1.80. The first-order chi connectivity index (χ1) is 8.69. The maximum Gasteiger partial charge on any atom is 0.101 e. The van der Waals surface area contributed by atoms with Crippen LogP contribution in [0, 0.1) is 25.2 Å². The normalized spacial score (nSPS) is 10.1. The van der Waals surface area contributed by atoms with Gasteiger partial charge < -0.3 is 5.32 Å². The smallest absolute Gasteiger partial charge is 0.101 e. The number of nitrogens with one attached hydrogen (secondary N) is 1. The van der Waals surface area contributed by atoms with Gasteiger partial charge in [-0.05, 0) is 37.1 Å². The summed E-state index contributed by atoms with van der Waals surface area (Å²) in [7, 11) is 0. The Morgan fingerprint density at radius 3 is 2.83 bits per heavy atom. The quantitative estimate of drug-likeness (QED) is 0.893. The molecule has 1 heterocycles. The molecule has 0 aliphatic heterocycles. The molecule has 0 aliphatic carbocycles. The number of nitrogens with zero attached hydrogens (tertiary/aromatic N) is 3. The van der Waals surface area contributed by atoms with Crippen LogP contribution in [0.4, 0.5) is 5.69 Å². The van der Waals surface area contributed by atoms with Gasteiger partial charge in [-0.2, -0.15) is 10.4 Å². The number of anilines is 1. The van der Waals surface area contributed by atoms with Gasteiger partial charge in [0.15, 0.2) is 0 Å². The summed E-state index contributed by atoms with van der Waals surface area (Å²) in [5, 5.41) is 16.5. The van der Waals surface area contributed by atoms with E-state index >= 15 is 0 Å². The van der Waals surface area contributed by atoms with Crippen molar-refractivity contribution in [1.82, 2.24) is 9.78 Å². The molecular weight excluding hydrogens is 224 g/mol. The summed E-state index contributed by atoms with van der Waals surface area (Å²) < 4.78 is 1.89. The molecule has 18 heavy (non-hydrogen) atoms. The molecule has 4 nitrogen and oxygen atoms in total. The third kappa shape index (κ3) is 2.89. The summed E-state index contributed by atoms with van der Waals surface area (Å²) in [6, 6.07) is 7.97. The first kappa shape index (κ1) is 12.2. The molecule has 1 aromatic heterocycles. The van der Waals surface area contributed by atoms with Crippen LogP contribution in [0.1, 0.15) is 16.7 Å². The standard InChI is InChI=1S/C14H16N4/c1-11-3-4-13(8-15)14(7-11)16-5-6-18-10-12(2)9-17-18/h3-4,7,9-10,16H,5-6H2,1-2H3. The molecule has 4 heteroatoms. The van der Waals surface area contributed by atoms with Gasteiger partial charge in [-0.3, -0.25) is 4.68 Å². The summed E-state index contributed by atoms with van der Waals surface area (Å²) >= 11 is 0. The summed E-state index contributed by atoms with van der Waals surface area (Å²) in [6.07, 6.45) is 3.84. The van der Waals surface area contributed by atoms with E-state index in [0.29, 0.717) is 5.56 Å². The van der Waals surface area contributed by atoms with Crippen molar-refractivity contribution in [2.24, 2.45) is 0 Å².